The van der Waals surface area contributed by atoms with E-state index in [9.17, 15) is 0 Å². The van der Waals surface area contributed by atoms with Crippen LogP contribution in [0.25, 0.3) is 72.2 Å². The average Bonchev–Trinajstić information content (AvgIpc) is 3.71. The predicted octanol–water partition coefficient (Wildman–Crippen LogP) is 11.7. The van der Waals surface area contributed by atoms with Gasteiger partial charge in [-0.3, -0.25) is 0 Å². The summed E-state index contributed by atoms with van der Waals surface area (Å²) >= 11 is 1.76. The molecule has 8 rings (SSSR count). The van der Waals surface area contributed by atoms with Crippen LogP contribution in [0.1, 0.15) is 18.7 Å². The molecule has 5 aromatic carbocycles. The van der Waals surface area contributed by atoms with Gasteiger partial charge >= 0.3 is 0 Å². The van der Waals surface area contributed by atoms with Crippen LogP contribution >= 0.6 is 11.3 Å². The van der Waals surface area contributed by atoms with Gasteiger partial charge in [-0.05, 0) is 81.4 Å². The Morgan fingerprint density at radius 1 is 0.404 bits per heavy atom. The van der Waals surface area contributed by atoms with E-state index in [2.05, 4.69) is 145 Å². The van der Waals surface area contributed by atoms with Crippen LogP contribution in [0.2, 0.25) is 0 Å². The first-order valence-electron chi connectivity index (χ1n) is 15.9. The summed E-state index contributed by atoms with van der Waals surface area (Å²) < 4.78 is 0. The minimum absolute atomic E-state index is 0.660. The zero-order valence-electron chi connectivity index (χ0n) is 25.8. The third-order valence-electron chi connectivity index (χ3n) is 8.46. The number of nitrogens with zero attached hydrogens (tertiary/aromatic N) is 3. The van der Waals surface area contributed by atoms with Gasteiger partial charge in [-0.1, -0.05) is 133 Å². The van der Waals surface area contributed by atoms with Crippen molar-refractivity contribution in [2.75, 3.05) is 0 Å². The molecule has 0 N–H and O–H groups in total. The SMILES string of the molecule is C1=CC(c2nc(-c3ccccc3)nc(-c3cc(-c4ccc(-c5ccccc5)cc4)cc(-c4ccc(-c5cccs5)cc4)c3)n2)=CCC1. The molecule has 0 spiro atoms. The molecule has 1 aliphatic rings. The zero-order valence-corrected chi connectivity index (χ0v) is 26.6. The topological polar surface area (TPSA) is 38.7 Å². The maximum absolute atomic E-state index is 5.08. The van der Waals surface area contributed by atoms with E-state index in [4.69, 9.17) is 15.0 Å². The maximum atomic E-state index is 5.08. The Balaban J connectivity index is 1.27. The molecule has 0 atom stereocenters. The molecule has 1 aliphatic carbocycles. The number of hydrogen-bond acceptors (Lipinski definition) is 4. The number of allylic oxidation sites excluding steroid dienone is 4. The maximum Gasteiger partial charge on any atom is 0.164 e. The van der Waals surface area contributed by atoms with Gasteiger partial charge in [0.05, 0.1) is 0 Å². The molecule has 0 unspecified atom stereocenters. The summed E-state index contributed by atoms with van der Waals surface area (Å²) in [5, 5.41) is 2.12. The van der Waals surface area contributed by atoms with Gasteiger partial charge in [-0.25, -0.2) is 15.0 Å². The highest BCUT2D eigenvalue weighted by atomic mass is 32.1. The first-order valence-corrected chi connectivity index (χ1v) is 16.8. The lowest BCUT2D eigenvalue weighted by Crippen LogP contribution is -2.03. The van der Waals surface area contributed by atoms with Crippen LogP contribution in [-0.2, 0) is 0 Å². The van der Waals surface area contributed by atoms with E-state index in [-0.39, 0.29) is 0 Å². The van der Waals surface area contributed by atoms with Gasteiger partial charge in [-0.2, -0.15) is 0 Å². The molecule has 0 saturated heterocycles. The molecular formula is C43H31N3S. The van der Waals surface area contributed by atoms with Gasteiger partial charge < -0.3 is 0 Å². The quantitative estimate of drug-likeness (QED) is 0.178. The van der Waals surface area contributed by atoms with Crippen molar-refractivity contribution in [1.29, 1.82) is 0 Å². The lowest BCUT2D eigenvalue weighted by atomic mass is 9.94. The first kappa shape index (κ1) is 28.7. The lowest BCUT2D eigenvalue weighted by molar-refractivity contribution is 1.01. The average molecular weight is 622 g/mol. The molecule has 47 heavy (non-hydrogen) atoms. The highest BCUT2D eigenvalue weighted by molar-refractivity contribution is 7.13. The summed E-state index contributed by atoms with van der Waals surface area (Å²) in [6.07, 6.45) is 8.56. The van der Waals surface area contributed by atoms with Gasteiger partial charge in [0, 0.05) is 21.6 Å². The van der Waals surface area contributed by atoms with E-state index in [1.165, 1.54) is 21.6 Å². The monoisotopic (exact) mass is 621 g/mol. The molecule has 0 fully saturated rings. The summed E-state index contributed by atoms with van der Waals surface area (Å²) in [6, 6.07) is 49.3. The minimum atomic E-state index is 0.660. The highest BCUT2D eigenvalue weighted by Gasteiger charge is 2.16. The van der Waals surface area contributed by atoms with Crippen LogP contribution in [0.5, 0.6) is 0 Å². The molecule has 3 nitrogen and oxygen atoms in total. The molecule has 7 aromatic rings. The molecule has 0 aliphatic heterocycles. The standard InChI is InChI=1S/C43H31N3S/c1-4-11-30(12-5-1)31-18-20-32(21-19-31)37-27-38(33-22-24-34(25-23-33)40-17-10-26-47-40)29-39(28-37)43-45-41(35-13-6-2-7-14-35)44-42(46-43)36-15-8-3-9-16-36/h1-2,4-8,10-29H,3,9H2. The van der Waals surface area contributed by atoms with Crippen LogP contribution in [0.4, 0.5) is 0 Å². The number of hydrogen-bond donors (Lipinski definition) is 0. The molecule has 224 valence electrons. The minimum Gasteiger partial charge on any atom is -0.208 e. The summed E-state index contributed by atoms with van der Waals surface area (Å²) in [5.74, 6) is 2.03. The molecular weight excluding hydrogens is 591 g/mol. The van der Waals surface area contributed by atoms with Gasteiger partial charge in [0.25, 0.3) is 0 Å². The largest absolute Gasteiger partial charge is 0.208 e. The van der Waals surface area contributed by atoms with Crippen molar-refractivity contribution < 1.29 is 0 Å². The Labute approximate surface area is 279 Å². The smallest absolute Gasteiger partial charge is 0.164 e. The Hall–Kier alpha value is -5.71. The van der Waals surface area contributed by atoms with E-state index >= 15 is 0 Å². The Morgan fingerprint density at radius 2 is 0.915 bits per heavy atom. The lowest BCUT2D eigenvalue weighted by Gasteiger charge is -2.14. The van der Waals surface area contributed by atoms with Gasteiger partial charge in [-0.15, -0.1) is 11.3 Å². The van der Waals surface area contributed by atoms with Crippen molar-refractivity contribution in [3.05, 3.63) is 169 Å². The Morgan fingerprint density at radius 3 is 1.49 bits per heavy atom. The van der Waals surface area contributed by atoms with E-state index in [0.29, 0.717) is 17.5 Å². The van der Waals surface area contributed by atoms with E-state index in [1.54, 1.807) is 11.3 Å². The Kier molecular flexibility index (Phi) is 7.92. The second-order valence-corrected chi connectivity index (χ2v) is 12.6. The highest BCUT2D eigenvalue weighted by Crippen LogP contribution is 2.35. The number of aromatic nitrogens is 3. The van der Waals surface area contributed by atoms with E-state index < -0.39 is 0 Å². The van der Waals surface area contributed by atoms with E-state index in [0.717, 1.165) is 51.8 Å². The molecule has 0 saturated carbocycles. The van der Waals surface area contributed by atoms with Gasteiger partial charge in [0.1, 0.15) is 0 Å². The van der Waals surface area contributed by atoms with Crippen molar-refractivity contribution >= 4 is 16.9 Å². The summed E-state index contributed by atoms with van der Waals surface area (Å²) in [4.78, 5) is 16.4. The van der Waals surface area contributed by atoms with Crippen LogP contribution in [0.15, 0.2) is 163 Å². The van der Waals surface area contributed by atoms with Crippen molar-refractivity contribution in [1.82, 2.24) is 15.0 Å². The number of benzene rings is 5. The van der Waals surface area contributed by atoms with Crippen LogP contribution in [0, 0.1) is 0 Å². The van der Waals surface area contributed by atoms with Crippen molar-refractivity contribution in [3.63, 3.8) is 0 Å². The number of thiophene rings is 1. The molecule has 0 radical (unpaired) electrons. The van der Waals surface area contributed by atoms with Crippen molar-refractivity contribution in [2.45, 2.75) is 12.8 Å². The molecule has 2 heterocycles. The first-order chi connectivity index (χ1) is 23.3. The van der Waals surface area contributed by atoms with Crippen molar-refractivity contribution in [2.24, 2.45) is 0 Å². The second kappa shape index (κ2) is 13.0. The van der Waals surface area contributed by atoms with Crippen LogP contribution in [0.3, 0.4) is 0 Å². The molecule has 4 heteroatoms. The second-order valence-electron chi connectivity index (χ2n) is 11.6. The van der Waals surface area contributed by atoms with Crippen LogP contribution < -0.4 is 0 Å². The van der Waals surface area contributed by atoms with Gasteiger partial charge in [0.15, 0.2) is 17.5 Å². The third-order valence-corrected chi connectivity index (χ3v) is 9.38. The summed E-state index contributed by atoms with van der Waals surface area (Å²) in [5.41, 5.74) is 11.1. The third kappa shape index (κ3) is 6.24. The predicted molar refractivity (Wildman–Crippen MR) is 197 cm³/mol. The normalized spacial score (nSPS) is 12.6. The summed E-state index contributed by atoms with van der Waals surface area (Å²) in [7, 11) is 0. The molecule has 2 aromatic heterocycles. The zero-order chi connectivity index (χ0) is 31.4. The van der Waals surface area contributed by atoms with E-state index in [1.807, 2.05) is 18.2 Å². The van der Waals surface area contributed by atoms with Gasteiger partial charge in [0.2, 0.25) is 0 Å². The molecule has 0 amide bonds. The number of rotatable bonds is 7. The summed E-state index contributed by atoms with van der Waals surface area (Å²) in [6.45, 7) is 0. The fourth-order valence-corrected chi connectivity index (χ4v) is 6.71. The fraction of sp³-hybridized carbons (Fsp3) is 0.0465. The fourth-order valence-electron chi connectivity index (χ4n) is 5.98. The Bertz CT molecular complexity index is 2200. The van der Waals surface area contributed by atoms with Crippen LogP contribution in [-0.4, -0.2) is 15.0 Å². The van der Waals surface area contributed by atoms with Crippen molar-refractivity contribution in [3.8, 4) is 66.6 Å². The molecule has 0 bridgehead atoms.